The largest absolute Gasteiger partial charge is 0.477 e. The standard InChI is InChI=1S/C21H39O10P/c1-7-10-13-26-19(22)16(4)29-32(25,30-17(5)20(23)27-14-11-8-2)31-18(6)21(24)28-15-12-9-3/h16-18H,7-15H2,1-6H3. The Bertz CT molecular complexity index is 529. The summed E-state index contributed by atoms with van der Waals surface area (Å²) in [5.74, 6) is -2.33. The molecule has 0 heterocycles. The van der Waals surface area contributed by atoms with Crippen LogP contribution in [0.15, 0.2) is 0 Å². The van der Waals surface area contributed by atoms with E-state index in [1.54, 1.807) is 0 Å². The van der Waals surface area contributed by atoms with Crippen molar-refractivity contribution in [3.8, 4) is 0 Å². The summed E-state index contributed by atoms with van der Waals surface area (Å²) >= 11 is 0. The quantitative estimate of drug-likeness (QED) is 0.121. The van der Waals surface area contributed by atoms with Crippen molar-refractivity contribution in [2.45, 2.75) is 98.4 Å². The summed E-state index contributed by atoms with van der Waals surface area (Å²) in [4.78, 5) is 36.4. The van der Waals surface area contributed by atoms with E-state index in [1.165, 1.54) is 20.8 Å². The fraction of sp³-hybridized carbons (Fsp3) is 0.857. The van der Waals surface area contributed by atoms with Gasteiger partial charge >= 0.3 is 25.7 Å². The van der Waals surface area contributed by atoms with E-state index in [2.05, 4.69) is 0 Å². The number of phosphoric ester groups is 1. The lowest BCUT2D eigenvalue weighted by molar-refractivity contribution is -0.157. The summed E-state index contributed by atoms with van der Waals surface area (Å²) in [6.45, 7) is 10.3. The highest BCUT2D eigenvalue weighted by Gasteiger charge is 2.40. The van der Waals surface area contributed by atoms with Crippen LogP contribution in [0.2, 0.25) is 0 Å². The third-order valence-electron chi connectivity index (χ3n) is 4.08. The van der Waals surface area contributed by atoms with Gasteiger partial charge in [0.1, 0.15) is 0 Å². The van der Waals surface area contributed by atoms with Gasteiger partial charge in [-0.2, -0.15) is 0 Å². The average Bonchev–Trinajstić information content (AvgIpc) is 2.73. The predicted molar refractivity (Wildman–Crippen MR) is 117 cm³/mol. The molecule has 0 saturated heterocycles. The van der Waals surface area contributed by atoms with Gasteiger partial charge < -0.3 is 14.2 Å². The normalized spacial score (nSPS) is 15.8. The zero-order valence-electron chi connectivity index (χ0n) is 20.1. The van der Waals surface area contributed by atoms with Crippen molar-refractivity contribution < 1.29 is 46.7 Å². The Hall–Kier alpha value is -1.48. The zero-order chi connectivity index (χ0) is 24.6. The Morgan fingerprint density at radius 2 is 0.844 bits per heavy atom. The van der Waals surface area contributed by atoms with Gasteiger partial charge in [0, 0.05) is 0 Å². The molecule has 11 heteroatoms. The molecule has 0 radical (unpaired) electrons. The first-order chi connectivity index (χ1) is 15.1. The monoisotopic (exact) mass is 482 g/mol. The van der Waals surface area contributed by atoms with Crippen molar-refractivity contribution in [2.24, 2.45) is 0 Å². The Morgan fingerprint density at radius 3 is 1.06 bits per heavy atom. The van der Waals surface area contributed by atoms with Gasteiger partial charge in [-0.15, -0.1) is 0 Å². The Labute approximate surface area is 191 Å². The third-order valence-corrected chi connectivity index (χ3v) is 5.81. The first kappa shape index (κ1) is 30.5. The lowest BCUT2D eigenvalue weighted by Crippen LogP contribution is -2.30. The molecule has 0 aromatic rings. The van der Waals surface area contributed by atoms with Crippen LogP contribution >= 0.6 is 7.82 Å². The molecule has 0 amide bonds. The highest BCUT2D eigenvalue weighted by Crippen LogP contribution is 2.53. The van der Waals surface area contributed by atoms with Gasteiger partial charge in [0.15, 0.2) is 18.3 Å². The molecule has 0 aromatic carbocycles. The van der Waals surface area contributed by atoms with Crippen molar-refractivity contribution in [2.75, 3.05) is 19.8 Å². The van der Waals surface area contributed by atoms with E-state index >= 15 is 0 Å². The van der Waals surface area contributed by atoms with Crippen LogP contribution in [-0.2, 0) is 46.7 Å². The third kappa shape index (κ3) is 13.2. The minimum Gasteiger partial charge on any atom is -0.464 e. The smallest absolute Gasteiger partial charge is 0.464 e. The summed E-state index contributed by atoms with van der Waals surface area (Å²) in [7, 11) is -4.57. The number of unbranched alkanes of at least 4 members (excludes halogenated alkanes) is 3. The second kappa shape index (κ2) is 17.1. The number of carbonyl (C=O) groups excluding carboxylic acids is 3. The molecule has 188 valence electrons. The SMILES string of the molecule is CCCCOC(=O)C(C)OP(=O)(OC(C)C(=O)OCCCC)OC(C)C(=O)OCCCC. The first-order valence-corrected chi connectivity index (χ1v) is 12.7. The number of ether oxygens (including phenoxy) is 3. The van der Waals surface area contributed by atoms with Gasteiger partial charge in [-0.3, -0.25) is 13.6 Å². The summed E-state index contributed by atoms with van der Waals surface area (Å²) < 4.78 is 44.1. The van der Waals surface area contributed by atoms with Crippen LogP contribution < -0.4 is 0 Å². The highest BCUT2D eigenvalue weighted by atomic mass is 31.2. The molecule has 0 aliphatic carbocycles. The summed E-state index contributed by atoms with van der Waals surface area (Å²) in [5, 5.41) is 0. The molecule has 10 nitrogen and oxygen atoms in total. The van der Waals surface area contributed by atoms with Crippen LogP contribution in [-0.4, -0.2) is 56.0 Å². The van der Waals surface area contributed by atoms with E-state index in [4.69, 9.17) is 27.8 Å². The zero-order valence-corrected chi connectivity index (χ0v) is 21.0. The second-order valence-electron chi connectivity index (χ2n) is 7.25. The Balaban J connectivity index is 5.25. The van der Waals surface area contributed by atoms with Crippen LogP contribution in [0.1, 0.15) is 80.1 Å². The van der Waals surface area contributed by atoms with Crippen molar-refractivity contribution in [3.63, 3.8) is 0 Å². The number of hydrogen-bond donors (Lipinski definition) is 0. The molecule has 3 unspecified atom stereocenters. The summed E-state index contributed by atoms with van der Waals surface area (Å²) in [6, 6.07) is 0. The molecule has 0 aliphatic rings. The van der Waals surface area contributed by atoms with E-state index in [-0.39, 0.29) is 19.8 Å². The first-order valence-electron chi connectivity index (χ1n) is 11.2. The van der Waals surface area contributed by atoms with Gasteiger partial charge in [-0.25, -0.2) is 18.9 Å². The van der Waals surface area contributed by atoms with Crippen molar-refractivity contribution in [3.05, 3.63) is 0 Å². The molecule has 0 bridgehead atoms. The minimum absolute atomic E-state index is 0.176. The Morgan fingerprint density at radius 1 is 0.594 bits per heavy atom. The molecule has 0 spiro atoms. The van der Waals surface area contributed by atoms with Crippen LogP contribution in [0.3, 0.4) is 0 Å². The maximum absolute atomic E-state index is 13.3. The minimum atomic E-state index is -4.57. The fourth-order valence-electron chi connectivity index (χ4n) is 2.09. The van der Waals surface area contributed by atoms with Gasteiger partial charge in [-0.1, -0.05) is 40.0 Å². The van der Waals surface area contributed by atoms with Crippen molar-refractivity contribution in [1.82, 2.24) is 0 Å². The second-order valence-corrected chi connectivity index (χ2v) is 8.78. The molecule has 0 N–H and O–H groups in total. The van der Waals surface area contributed by atoms with Crippen molar-refractivity contribution in [1.29, 1.82) is 0 Å². The predicted octanol–water partition coefficient (Wildman–Crippen LogP) is 4.34. The number of carbonyl (C=O) groups is 3. The maximum Gasteiger partial charge on any atom is 0.477 e. The Kier molecular flexibility index (Phi) is 16.3. The van der Waals surface area contributed by atoms with Crippen LogP contribution in [0.25, 0.3) is 0 Å². The molecular formula is C21H39O10P. The van der Waals surface area contributed by atoms with E-state index in [9.17, 15) is 18.9 Å². The van der Waals surface area contributed by atoms with Crippen LogP contribution in [0.5, 0.6) is 0 Å². The molecular weight excluding hydrogens is 443 g/mol. The molecule has 0 rings (SSSR count). The van der Waals surface area contributed by atoms with E-state index in [0.29, 0.717) is 19.3 Å². The maximum atomic E-state index is 13.3. The molecule has 0 aromatic heterocycles. The number of rotatable bonds is 18. The molecule has 0 aliphatic heterocycles. The van der Waals surface area contributed by atoms with E-state index in [1.807, 2.05) is 20.8 Å². The fourth-order valence-corrected chi connectivity index (χ4v) is 3.66. The number of esters is 3. The molecule has 0 fully saturated rings. The lowest BCUT2D eigenvalue weighted by atomic mass is 10.3. The van der Waals surface area contributed by atoms with Gasteiger partial charge in [0.2, 0.25) is 0 Å². The van der Waals surface area contributed by atoms with Gasteiger partial charge in [0.05, 0.1) is 19.8 Å². The van der Waals surface area contributed by atoms with Gasteiger partial charge in [-0.05, 0) is 40.0 Å². The lowest BCUT2D eigenvalue weighted by Gasteiger charge is -2.25. The van der Waals surface area contributed by atoms with E-state index < -0.39 is 44.0 Å². The summed E-state index contributed by atoms with van der Waals surface area (Å²) in [6.07, 6.45) is 0.449. The highest BCUT2D eigenvalue weighted by molar-refractivity contribution is 7.48. The summed E-state index contributed by atoms with van der Waals surface area (Å²) in [5.41, 5.74) is 0. The van der Waals surface area contributed by atoms with Crippen molar-refractivity contribution >= 4 is 25.7 Å². The molecule has 0 saturated carbocycles. The number of phosphoric acid groups is 1. The van der Waals surface area contributed by atoms with Gasteiger partial charge in [0.25, 0.3) is 0 Å². The van der Waals surface area contributed by atoms with Crippen LogP contribution in [0, 0.1) is 0 Å². The number of hydrogen-bond acceptors (Lipinski definition) is 10. The average molecular weight is 483 g/mol. The topological polar surface area (TPSA) is 124 Å². The van der Waals surface area contributed by atoms with Crippen LogP contribution in [0.4, 0.5) is 0 Å². The molecule has 3 atom stereocenters. The molecule has 32 heavy (non-hydrogen) atoms. The van der Waals surface area contributed by atoms with E-state index in [0.717, 1.165) is 19.3 Å².